The number of ether oxygens (including phenoxy) is 2. The number of nitriles is 1. The fourth-order valence-electron chi connectivity index (χ4n) is 3.57. The maximum absolute atomic E-state index is 9.40. The molecule has 168 valence electrons. The smallest absolute Gasteiger partial charge is 0.162 e. The van der Waals surface area contributed by atoms with Gasteiger partial charge in [0, 0.05) is 42.5 Å². The number of pyridine rings is 1. The Balaban J connectivity index is 1.64. The van der Waals surface area contributed by atoms with Gasteiger partial charge in [-0.3, -0.25) is 0 Å². The van der Waals surface area contributed by atoms with Crippen molar-refractivity contribution in [2.24, 2.45) is 5.73 Å². The average molecular weight is 443 g/mol. The minimum Gasteiger partial charge on any atom is -0.456 e. The Labute approximate surface area is 193 Å². The molecule has 4 rings (SSSR count). The predicted molar refractivity (Wildman–Crippen MR) is 126 cm³/mol. The van der Waals surface area contributed by atoms with Crippen molar-refractivity contribution >= 4 is 5.82 Å². The highest BCUT2D eigenvalue weighted by atomic mass is 16.5. The second kappa shape index (κ2) is 9.77. The van der Waals surface area contributed by atoms with Gasteiger partial charge in [-0.2, -0.15) is 5.26 Å². The van der Waals surface area contributed by atoms with Gasteiger partial charge in [0.1, 0.15) is 17.3 Å². The average Bonchev–Trinajstić information content (AvgIpc) is 3.47. The largest absolute Gasteiger partial charge is 0.456 e. The highest BCUT2D eigenvalue weighted by Gasteiger charge is 2.41. The number of aryl methyl sites for hydroxylation is 1. The molecular weight excluding hydrogens is 416 g/mol. The van der Waals surface area contributed by atoms with Crippen molar-refractivity contribution in [2.45, 2.75) is 26.3 Å². The van der Waals surface area contributed by atoms with Crippen molar-refractivity contribution in [2.75, 3.05) is 24.7 Å². The molecule has 1 aromatic carbocycles. The molecule has 1 aliphatic heterocycles. The van der Waals surface area contributed by atoms with Crippen LogP contribution in [-0.4, -0.2) is 40.8 Å². The summed E-state index contributed by atoms with van der Waals surface area (Å²) in [5.41, 5.74) is 9.52. The lowest BCUT2D eigenvalue weighted by molar-refractivity contribution is 0.152. The first-order chi connectivity index (χ1) is 16.0. The van der Waals surface area contributed by atoms with Crippen LogP contribution in [0.1, 0.15) is 23.7 Å². The van der Waals surface area contributed by atoms with Crippen LogP contribution in [0.25, 0.3) is 11.4 Å². The van der Waals surface area contributed by atoms with Crippen LogP contribution in [0.5, 0.6) is 11.5 Å². The Morgan fingerprint density at radius 2 is 2.00 bits per heavy atom. The van der Waals surface area contributed by atoms with Crippen molar-refractivity contribution in [3.63, 3.8) is 0 Å². The zero-order valence-electron chi connectivity index (χ0n) is 18.8. The highest BCUT2D eigenvalue weighted by Crippen LogP contribution is 2.40. The number of nitrogens with two attached hydrogens (primary N) is 1. The standard InChI is InChI=1S/C25H26N6O2/c1-4-32-15-22-17(3)31(22)24-11-20(9-16(2)30-24)33-23-10-18(12-27)5-6-21(23)25-28-13-19(7-8-26)14-29-25/h5-6,9-11,13-14,22H,3-4,7-8,15,26H2,1-2H3. The van der Waals surface area contributed by atoms with E-state index in [1.54, 1.807) is 30.6 Å². The van der Waals surface area contributed by atoms with Gasteiger partial charge in [-0.05, 0) is 50.6 Å². The monoisotopic (exact) mass is 442 g/mol. The lowest BCUT2D eigenvalue weighted by atomic mass is 10.1. The van der Waals surface area contributed by atoms with E-state index in [4.69, 9.17) is 15.2 Å². The Morgan fingerprint density at radius 3 is 2.70 bits per heavy atom. The first kappa shape index (κ1) is 22.4. The second-order valence-electron chi connectivity index (χ2n) is 7.72. The molecule has 0 bridgehead atoms. The molecule has 0 saturated carbocycles. The number of anilines is 1. The van der Waals surface area contributed by atoms with Gasteiger partial charge in [0.05, 0.1) is 29.8 Å². The Kier molecular flexibility index (Phi) is 6.63. The maximum atomic E-state index is 9.40. The summed E-state index contributed by atoms with van der Waals surface area (Å²) in [5, 5.41) is 9.40. The number of benzene rings is 1. The quantitative estimate of drug-likeness (QED) is 0.499. The highest BCUT2D eigenvalue weighted by molar-refractivity contribution is 5.68. The molecule has 0 spiro atoms. The topological polar surface area (TPSA) is 110 Å². The van der Waals surface area contributed by atoms with Crippen LogP contribution < -0.4 is 15.4 Å². The molecule has 0 aliphatic carbocycles. The third-order valence-electron chi connectivity index (χ3n) is 5.30. The molecule has 2 aromatic heterocycles. The van der Waals surface area contributed by atoms with Gasteiger partial charge in [0.25, 0.3) is 0 Å². The second-order valence-corrected chi connectivity index (χ2v) is 7.72. The van der Waals surface area contributed by atoms with E-state index in [1.165, 1.54) is 0 Å². The Bertz CT molecular complexity index is 1200. The van der Waals surface area contributed by atoms with Crippen LogP contribution >= 0.6 is 0 Å². The van der Waals surface area contributed by atoms with Gasteiger partial charge in [0.2, 0.25) is 0 Å². The molecular formula is C25H26N6O2. The van der Waals surface area contributed by atoms with Gasteiger partial charge >= 0.3 is 0 Å². The molecule has 3 aromatic rings. The first-order valence-corrected chi connectivity index (χ1v) is 10.8. The summed E-state index contributed by atoms with van der Waals surface area (Å²) >= 11 is 0. The van der Waals surface area contributed by atoms with E-state index in [-0.39, 0.29) is 6.04 Å². The minimum absolute atomic E-state index is 0.116. The van der Waals surface area contributed by atoms with E-state index < -0.39 is 0 Å². The van der Waals surface area contributed by atoms with Gasteiger partial charge in [-0.15, -0.1) is 0 Å². The van der Waals surface area contributed by atoms with Crippen molar-refractivity contribution in [3.05, 3.63) is 71.8 Å². The van der Waals surface area contributed by atoms with E-state index in [0.717, 1.165) is 22.8 Å². The lowest BCUT2D eigenvalue weighted by Gasteiger charge is -2.13. The lowest BCUT2D eigenvalue weighted by Crippen LogP contribution is -2.08. The van der Waals surface area contributed by atoms with Crippen LogP contribution in [0.4, 0.5) is 5.82 Å². The van der Waals surface area contributed by atoms with Gasteiger partial charge in [-0.1, -0.05) is 6.58 Å². The summed E-state index contributed by atoms with van der Waals surface area (Å²) < 4.78 is 11.8. The molecule has 1 unspecified atom stereocenters. The molecule has 33 heavy (non-hydrogen) atoms. The first-order valence-electron chi connectivity index (χ1n) is 10.8. The van der Waals surface area contributed by atoms with Gasteiger partial charge < -0.3 is 20.1 Å². The zero-order chi connectivity index (χ0) is 23.4. The Morgan fingerprint density at radius 1 is 1.21 bits per heavy atom. The van der Waals surface area contributed by atoms with Crippen LogP contribution in [0.3, 0.4) is 0 Å². The Hall–Kier alpha value is -3.80. The number of nitrogens with zero attached hydrogens (tertiary/aromatic N) is 5. The van der Waals surface area contributed by atoms with E-state index >= 15 is 0 Å². The summed E-state index contributed by atoms with van der Waals surface area (Å²) in [6, 6.07) is 11.2. The van der Waals surface area contributed by atoms with E-state index in [0.29, 0.717) is 54.6 Å². The fourth-order valence-corrected chi connectivity index (χ4v) is 3.57. The summed E-state index contributed by atoms with van der Waals surface area (Å²) in [6.07, 6.45) is 4.23. The van der Waals surface area contributed by atoms with E-state index in [2.05, 4.69) is 27.6 Å². The van der Waals surface area contributed by atoms with Crippen molar-refractivity contribution in [1.29, 1.82) is 5.26 Å². The number of hydrogen-bond donors (Lipinski definition) is 1. The predicted octanol–water partition coefficient (Wildman–Crippen LogP) is 3.75. The molecule has 1 aliphatic rings. The van der Waals surface area contributed by atoms with Crippen LogP contribution in [0, 0.1) is 18.3 Å². The molecule has 1 saturated heterocycles. The third-order valence-corrected chi connectivity index (χ3v) is 5.30. The summed E-state index contributed by atoms with van der Waals surface area (Å²) in [6.45, 7) is 9.74. The molecule has 3 heterocycles. The van der Waals surface area contributed by atoms with Crippen molar-refractivity contribution in [1.82, 2.24) is 15.0 Å². The van der Waals surface area contributed by atoms with Gasteiger partial charge in [-0.25, -0.2) is 15.0 Å². The van der Waals surface area contributed by atoms with Crippen molar-refractivity contribution < 1.29 is 9.47 Å². The molecule has 0 amide bonds. The minimum atomic E-state index is 0.116. The molecule has 1 fully saturated rings. The summed E-state index contributed by atoms with van der Waals surface area (Å²) in [5.74, 6) is 2.36. The summed E-state index contributed by atoms with van der Waals surface area (Å²) in [7, 11) is 0. The maximum Gasteiger partial charge on any atom is 0.162 e. The normalized spacial score (nSPS) is 14.8. The number of hydrogen-bond acceptors (Lipinski definition) is 8. The van der Waals surface area contributed by atoms with Crippen LogP contribution in [0.15, 0.2) is 55.0 Å². The SMILES string of the molecule is C=C1C(COCC)N1c1cc(Oc2cc(C#N)ccc2-c2ncc(CCN)cn2)cc(C)n1. The van der Waals surface area contributed by atoms with Crippen molar-refractivity contribution in [3.8, 4) is 29.0 Å². The fraction of sp³-hybridized carbons (Fsp3) is 0.280. The van der Waals surface area contributed by atoms with Crippen LogP contribution in [0.2, 0.25) is 0 Å². The summed E-state index contributed by atoms with van der Waals surface area (Å²) in [4.78, 5) is 15.6. The van der Waals surface area contributed by atoms with E-state index in [9.17, 15) is 5.26 Å². The van der Waals surface area contributed by atoms with Gasteiger partial charge in [0.15, 0.2) is 5.82 Å². The number of rotatable bonds is 9. The van der Waals surface area contributed by atoms with Crippen LogP contribution in [-0.2, 0) is 11.2 Å². The van der Waals surface area contributed by atoms with E-state index in [1.807, 2.05) is 30.9 Å². The molecule has 1 atom stereocenters. The molecule has 2 N–H and O–H groups in total. The molecule has 0 radical (unpaired) electrons. The zero-order valence-corrected chi connectivity index (χ0v) is 18.8. The third kappa shape index (κ3) is 5.00. The molecule has 8 nitrogen and oxygen atoms in total. The number of aromatic nitrogens is 3. The molecule has 8 heteroatoms.